The summed E-state index contributed by atoms with van der Waals surface area (Å²) in [5.74, 6) is 0. The van der Waals surface area contributed by atoms with Gasteiger partial charge in [-0.3, -0.25) is 10.1 Å². The molecule has 0 fully saturated rings. The summed E-state index contributed by atoms with van der Waals surface area (Å²) in [5, 5.41) is 21.1. The largest absolute Gasteiger partial charge is 0.411 e. The van der Waals surface area contributed by atoms with Crippen LogP contribution in [0.4, 0.5) is 4.39 Å². The SMILES string of the molecule is CC(C)(C[N+](=O)[O-])C(CF)=NO. The van der Waals surface area contributed by atoms with Gasteiger partial charge in [-0.15, -0.1) is 0 Å². The molecule has 0 saturated heterocycles. The van der Waals surface area contributed by atoms with E-state index in [0.717, 1.165) is 0 Å². The summed E-state index contributed by atoms with van der Waals surface area (Å²) in [7, 11) is 0. The van der Waals surface area contributed by atoms with Crippen molar-refractivity contribution in [3.05, 3.63) is 10.1 Å². The van der Waals surface area contributed by atoms with E-state index in [1.54, 1.807) is 0 Å². The summed E-state index contributed by atoms with van der Waals surface area (Å²) >= 11 is 0. The Morgan fingerprint density at radius 2 is 2.25 bits per heavy atom. The molecule has 1 N–H and O–H groups in total. The maximum absolute atomic E-state index is 12.1. The number of nitro groups is 1. The molecule has 0 aromatic heterocycles. The van der Waals surface area contributed by atoms with E-state index < -0.39 is 23.6 Å². The van der Waals surface area contributed by atoms with E-state index >= 15 is 0 Å². The topological polar surface area (TPSA) is 75.7 Å². The summed E-state index contributed by atoms with van der Waals surface area (Å²) in [5.41, 5.74) is -1.24. The van der Waals surface area contributed by atoms with Crippen LogP contribution in [0.2, 0.25) is 0 Å². The van der Waals surface area contributed by atoms with Crippen molar-refractivity contribution in [2.45, 2.75) is 13.8 Å². The zero-order chi connectivity index (χ0) is 9.78. The third kappa shape index (κ3) is 2.81. The molecule has 0 unspecified atom stereocenters. The molecule has 0 amide bonds. The van der Waals surface area contributed by atoms with Crippen LogP contribution in [0.15, 0.2) is 5.16 Å². The van der Waals surface area contributed by atoms with Crippen molar-refractivity contribution in [2.75, 3.05) is 13.2 Å². The van der Waals surface area contributed by atoms with E-state index in [1.165, 1.54) is 13.8 Å². The fourth-order valence-corrected chi connectivity index (χ4v) is 0.757. The van der Waals surface area contributed by atoms with Gasteiger partial charge < -0.3 is 5.21 Å². The second kappa shape index (κ2) is 3.99. The van der Waals surface area contributed by atoms with E-state index in [9.17, 15) is 14.5 Å². The van der Waals surface area contributed by atoms with Crippen LogP contribution in [0.1, 0.15) is 13.8 Å². The Morgan fingerprint density at radius 1 is 1.75 bits per heavy atom. The molecule has 0 atom stereocenters. The number of oxime groups is 1. The molecule has 0 saturated carbocycles. The number of halogens is 1. The van der Waals surface area contributed by atoms with Gasteiger partial charge in [-0.2, -0.15) is 0 Å². The molecule has 5 nitrogen and oxygen atoms in total. The molecule has 70 valence electrons. The van der Waals surface area contributed by atoms with Crippen LogP contribution >= 0.6 is 0 Å². The van der Waals surface area contributed by atoms with Crippen molar-refractivity contribution in [1.29, 1.82) is 0 Å². The average molecular weight is 178 g/mol. The molecule has 0 aromatic rings. The fraction of sp³-hybridized carbons (Fsp3) is 0.833. The first-order chi connectivity index (χ1) is 5.44. The summed E-state index contributed by atoms with van der Waals surface area (Å²) in [6.45, 7) is 1.47. The number of hydrogen-bond acceptors (Lipinski definition) is 4. The lowest BCUT2D eigenvalue weighted by atomic mass is 9.88. The van der Waals surface area contributed by atoms with Gasteiger partial charge in [-0.05, 0) is 13.8 Å². The molecule has 0 aliphatic heterocycles. The Kier molecular flexibility index (Phi) is 3.59. The minimum Gasteiger partial charge on any atom is -0.411 e. The number of hydrogen-bond donors (Lipinski definition) is 1. The molecule has 12 heavy (non-hydrogen) atoms. The van der Waals surface area contributed by atoms with E-state index in [-0.39, 0.29) is 5.71 Å². The first kappa shape index (κ1) is 10.8. The van der Waals surface area contributed by atoms with Crippen molar-refractivity contribution in [3.8, 4) is 0 Å². The lowest BCUT2D eigenvalue weighted by Gasteiger charge is -2.18. The molecular formula is C6H11FN2O3. The molecule has 0 bridgehead atoms. The highest BCUT2D eigenvalue weighted by Crippen LogP contribution is 2.18. The zero-order valence-corrected chi connectivity index (χ0v) is 6.95. The lowest BCUT2D eigenvalue weighted by Crippen LogP contribution is -2.33. The van der Waals surface area contributed by atoms with Crippen molar-refractivity contribution in [1.82, 2.24) is 0 Å². The smallest absolute Gasteiger partial charge is 0.214 e. The quantitative estimate of drug-likeness (QED) is 0.303. The average Bonchev–Trinajstić information content (AvgIpc) is 1.85. The van der Waals surface area contributed by atoms with Gasteiger partial charge in [0, 0.05) is 4.92 Å². The molecule has 0 aromatic carbocycles. The maximum Gasteiger partial charge on any atom is 0.214 e. The Hall–Kier alpha value is -1.20. The van der Waals surface area contributed by atoms with Crippen molar-refractivity contribution < 1.29 is 14.5 Å². The molecule has 0 rings (SSSR count). The predicted molar refractivity (Wildman–Crippen MR) is 40.8 cm³/mol. The molecule has 0 radical (unpaired) electrons. The highest BCUT2D eigenvalue weighted by atomic mass is 19.1. The molecule has 0 spiro atoms. The lowest BCUT2D eigenvalue weighted by molar-refractivity contribution is -0.491. The fourth-order valence-electron chi connectivity index (χ4n) is 0.757. The normalized spacial score (nSPS) is 13.1. The third-order valence-corrected chi connectivity index (χ3v) is 1.55. The summed E-state index contributed by atoms with van der Waals surface area (Å²) < 4.78 is 12.1. The predicted octanol–water partition coefficient (Wildman–Crippen LogP) is 1.09. The van der Waals surface area contributed by atoms with Crippen LogP contribution in [-0.4, -0.2) is 29.1 Å². The van der Waals surface area contributed by atoms with Gasteiger partial charge in [0.2, 0.25) is 6.54 Å². The van der Waals surface area contributed by atoms with Crippen molar-refractivity contribution >= 4 is 5.71 Å². The van der Waals surface area contributed by atoms with E-state index in [1.807, 2.05) is 0 Å². The zero-order valence-electron chi connectivity index (χ0n) is 6.95. The van der Waals surface area contributed by atoms with Crippen LogP contribution in [0.5, 0.6) is 0 Å². The van der Waals surface area contributed by atoms with E-state index in [0.29, 0.717) is 0 Å². The minimum absolute atomic E-state index is 0.209. The van der Waals surface area contributed by atoms with Gasteiger partial charge >= 0.3 is 0 Å². The van der Waals surface area contributed by atoms with Crippen LogP contribution in [-0.2, 0) is 0 Å². The maximum atomic E-state index is 12.1. The van der Waals surface area contributed by atoms with Crippen LogP contribution in [0.25, 0.3) is 0 Å². The van der Waals surface area contributed by atoms with Gasteiger partial charge in [0.1, 0.15) is 12.4 Å². The monoisotopic (exact) mass is 178 g/mol. The van der Waals surface area contributed by atoms with Gasteiger partial charge in [0.15, 0.2) is 0 Å². The van der Waals surface area contributed by atoms with Gasteiger partial charge in [0.05, 0.1) is 5.41 Å². The van der Waals surface area contributed by atoms with Crippen LogP contribution < -0.4 is 0 Å². The number of alkyl halides is 1. The van der Waals surface area contributed by atoms with E-state index in [2.05, 4.69) is 5.16 Å². The second-order valence-corrected chi connectivity index (χ2v) is 3.06. The molecule has 0 aliphatic rings. The Morgan fingerprint density at radius 3 is 2.50 bits per heavy atom. The second-order valence-electron chi connectivity index (χ2n) is 3.06. The van der Waals surface area contributed by atoms with Gasteiger partial charge in [-0.1, -0.05) is 5.16 Å². The van der Waals surface area contributed by atoms with Crippen molar-refractivity contribution in [3.63, 3.8) is 0 Å². The van der Waals surface area contributed by atoms with E-state index in [4.69, 9.17) is 5.21 Å². The van der Waals surface area contributed by atoms with Crippen LogP contribution in [0, 0.1) is 15.5 Å². The Bertz CT molecular complexity index is 203. The molecule has 0 heterocycles. The summed E-state index contributed by atoms with van der Waals surface area (Å²) in [6, 6.07) is 0. The minimum atomic E-state index is -1.03. The first-order valence-corrected chi connectivity index (χ1v) is 3.33. The highest BCUT2D eigenvalue weighted by Gasteiger charge is 2.31. The molecule has 6 heteroatoms. The molecular weight excluding hydrogens is 167 g/mol. The Labute approximate surface area is 69.0 Å². The summed E-state index contributed by atoms with van der Waals surface area (Å²) in [4.78, 5) is 9.53. The number of rotatable bonds is 4. The Balaban J connectivity index is 4.47. The standard InChI is InChI=1S/C6H11FN2O3/c1-6(2,4-9(11)12)5(3-7)8-10/h10H,3-4H2,1-2H3. The molecule has 0 aliphatic carbocycles. The van der Waals surface area contributed by atoms with Gasteiger partial charge in [0.25, 0.3) is 0 Å². The highest BCUT2D eigenvalue weighted by molar-refractivity contribution is 5.90. The summed E-state index contributed by atoms with van der Waals surface area (Å²) in [6.07, 6.45) is 0. The first-order valence-electron chi connectivity index (χ1n) is 3.33. The third-order valence-electron chi connectivity index (χ3n) is 1.55. The van der Waals surface area contributed by atoms with Gasteiger partial charge in [-0.25, -0.2) is 4.39 Å². The van der Waals surface area contributed by atoms with Crippen molar-refractivity contribution in [2.24, 2.45) is 10.6 Å². The van der Waals surface area contributed by atoms with Crippen LogP contribution in [0.3, 0.4) is 0 Å². The number of nitrogens with zero attached hydrogens (tertiary/aromatic N) is 2.